The van der Waals surface area contributed by atoms with Crippen LogP contribution in [0.2, 0.25) is 0 Å². The van der Waals surface area contributed by atoms with Crippen LogP contribution in [0, 0.1) is 11.6 Å². The molecule has 0 spiro atoms. The van der Waals surface area contributed by atoms with E-state index in [1.54, 1.807) is 17.8 Å². The molecule has 1 heterocycles. The lowest BCUT2D eigenvalue weighted by Gasteiger charge is -2.15. The molecule has 0 saturated carbocycles. The van der Waals surface area contributed by atoms with Crippen LogP contribution in [-0.4, -0.2) is 26.4 Å². The molecule has 0 saturated heterocycles. The fourth-order valence-corrected chi connectivity index (χ4v) is 3.17. The van der Waals surface area contributed by atoms with Gasteiger partial charge in [-0.15, -0.1) is 10.2 Å². The molecule has 2 aromatic carbocycles. The van der Waals surface area contributed by atoms with Crippen LogP contribution >= 0.6 is 11.8 Å². The van der Waals surface area contributed by atoms with Gasteiger partial charge in [-0.1, -0.05) is 36.0 Å². The highest BCUT2D eigenvalue weighted by Gasteiger charge is 2.16. The van der Waals surface area contributed by atoms with Gasteiger partial charge in [0.1, 0.15) is 18.0 Å². The Labute approximate surface area is 153 Å². The monoisotopic (exact) mass is 374 g/mol. The number of rotatable bonds is 6. The van der Waals surface area contributed by atoms with E-state index in [-0.39, 0.29) is 17.2 Å². The van der Waals surface area contributed by atoms with Gasteiger partial charge in [0.25, 0.3) is 0 Å². The molecule has 1 N–H and O–H groups in total. The van der Waals surface area contributed by atoms with E-state index >= 15 is 0 Å². The molecule has 1 atom stereocenters. The number of carbonyl (C=O) groups is 1. The molecule has 0 bridgehead atoms. The molecule has 26 heavy (non-hydrogen) atoms. The molecular weight excluding hydrogens is 358 g/mol. The van der Waals surface area contributed by atoms with Crippen molar-refractivity contribution >= 4 is 17.7 Å². The van der Waals surface area contributed by atoms with Crippen LogP contribution in [0.15, 0.2) is 60.0 Å². The third-order valence-corrected chi connectivity index (χ3v) is 4.63. The van der Waals surface area contributed by atoms with Gasteiger partial charge in [0, 0.05) is 17.3 Å². The molecule has 0 unspecified atom stereocenters. The van der Waals surface area contributed by atoms with Gasteiger partial charge in [-0.3, -0.25) is 9.36 Å². The van der Waals surface area contributed by atoms with E-state index in [0.717, 1.165) is 17.8 Å². The maximum atomic E-state index is 13.8. The Kier molecular flexibility index (Phi) is 5.62. The first-order valence-electron chi connectivity index (χ1n) is 7.87. The second-order valence-corrected chi connectivity index (χ2v) is 6.51. The lowest BCUT2D eigenvalue weighted by atomic mass is 10.1. The van der Waals surface area contributed by atoms with Gasteiger partial charge >= 0.3 is 0 Å². The number of para-hydroxylation sites is 1. The molecule has 5 nitrogen and oxygen atoms in total. The Balaban J connectivity index is 1.61. The third-order valence-electron chi connectivity index (χ3n) is 3.69. The van der Waals surface area contributed by atoms with Crippen LogP contribution in [0.5, 0.6) is 0 Å². The van der Waals surface area contributed by atoms with Gasteiger partial charge in [0.15, 0.2) is 5.16 Å². The summed E-state index contributed by atoms with van der Waals surface area (Å²) in [5, 5.41) is 11.2. The van der Waals surface area contributed by atoms with Crippen molar-refractivity contribution in [2.45, 2.75) is 18.1 Å². The number of hydrogen-bond acceptors (Lipinski definition) is 4. The predicted octanol–water partition coefficient (Wildman–Crippen LogP) is 3.52. The van der Waals surface area contributed by atoms with Crippen LogP contribution in [0.4, 0.5) is 8.78 Å². The molecule has 1 amide bonds. The van der Waals surface area contributed by atoms with Crippen LogP contribution in [0.1, 0.15) is 18.5 Å². The van der Waals surface area contributed by atoms with Gasteiger partial charge in [0.05, 0.1) is 11.8 Å². The van der Waals surface area contributed by atoms with E-state index in [1.807, 2.05) is 30.3 Å². The van der Waals surface area contributed by atoms with E-state index in [1.165, 1.54) is 17.8 Å². The Bertz CT molecular complexity index is 901. The zero-order valence-electron chi connectivity index (χ0n) is 13.9. The number of thioether (sulfide) groups is 1. The van der Waals surface area contributed by atoms with Crippen molar-refractivity contribution in [3.8, 4) is 5.69 Å². The number of nitrogens with one attached hydrogen (secondary N) is 1. The normalized spacial score (nSPS) is 12.0. The van der Waals surface area contributed by atoms with Crippen molar-refractivity contribution in [3.63, 3.8) is 0 Å². The Morgan fingerprint density at radius 1 is 1.23 bits per heavy atom. The van der Waals surface area contributed by atoms with E-state index < -0.39 is 17.7 Å². The summed E-state index contributed by atoms with van der Waals surface area (Å²) in [5.74, 6) is -1.53. The summed E-state index contributed by atoms with van der Waals surface area (Å²) in [6, 6.07) is 12.2. The molecular formula is C18H16F2N4OS. The summed E-state index contributed by atoms with van der Waals surface area (Å²) in [6.45, 7) is 1.64. The summed E-state index contributed by atoms with van der Waals surface area (Å²) in [7, 11) is 0. The fraction of sp³-hybridized carbons (Fsp3) is 0.167. The number of halogens is 2. The van der Waals surface area contributed by atoms with Gasteiger partial charge in [-0.05, 0) is 25.1 Å². The number of nitrogens with zero attached hydrogens (tertiary/aromatic N) is 3. The van der Waals surface area contributed by atoms with Crippen molar-refractivity contribution in [2.24, 2.45) is 0 Å². The first-order chi connectivity index (χ1) is 12.5. The van der Waals surface area contributed by atoms with E-state index in [4.69, 9.17) is 0 Å². The summed E-state index contributed by atoms with van der Waals surface area (Å²) < 4.78 is 28.5. The summed E-state index contributed by atoms with van der Waals surface area (Å²) in [4.78, 5) is 12.2. The second-order valence-electron chi connectivity index (χ2n) is 5.56. The summed E-state index contributed by atoms with van der Waals surface area (Å²) >= 11 is 1.22. The zero-order valence-corrected chi connectivity index (χ0v) is 14.7. The van der Waals surface area contributed by atoms with Crippen molar-refractivity contribution in [1.82, 2.24) is 20.1 Å². The average Bonchev–Trinajstić information content (AvgIpc) is 3.09. The molecule has 0 aliphatic carbocycles. The zero-order chi connectivity index (χ0) is 18.5. The van der Waals surface area contributed by atoms with E-state index in [2.05, 4.69) is 15.5 Å². The second kappa shape index (κ2) is 8.09. The standard InChI is InChI=1S/C18H16F2N4OS/c1-12(15-8-7-13(19)9-16(15)20)22-17(25)10-26-18-23-21-11-24(18)14-5-3-2-4-6-14/h2-9,11-12H,10H2,1H3,(H,22,25)/t12-/m1/s1. The Morgan fingerprint density at radius 3 is 2.73 bits per heavy atom. The predicted molar refractivity (Wildman–Crippen MR) is 95.0 cm³/mol. The molecule has 3 aromatic rings. The summed E-state index contributed by atoms with van der Waals surface area (Å²) in [6.07, 6.45) is 1.58. The molecule has 1 aromatic heterocycles. The molecule has 134 valence electrons. The lowest BCUT2D eigenvalue weighted by molar-refractivity contribution is -0.119. The van der Waals surface area contributed by atoms with Gasteiger partial charge in [-0.25, -0.2) is 8.78 Å². The molecule has 8 heteroatoms. The quantitative estimate of drug-likeness (QED) is 0.671. The minimum Gasteiger partial charge on any atom is -0.349 e. The van der Waals surface area contributed by atoms with Crippen LogP contribution in [0.3, 0.4) is 0 Å². The highest BCUT2D eigenvalue weighted by atomic mass is 32.2. The number of hydrogen-bond donors (Lipinski definition) is 1. The molecule has 3 rings (SSSR count). The number of carbonyl (C=O) groups excluding carboxylic acids is 1. The number of aromatic nitrogens is 3. The van der Waals surface area contributed by atoms with Crippen molar-refractivity contribution in [2.75, 3.05) is 5.75 Å². The largest absolute Gasteiger partial charge is 0.349 e. The average molecular weight is 374 g/mol. The SMILES string of the molecule is C[C@@H](NC(=O)CSc1nncn1-c1ccccc1)c1ccc(F)cc1F. The highest BCUT2D eigenvalue weighted by Crippen LogP contribution is 2.21. The molecule has 0 fully saturated rings. The number of benzene rings is 2. The third kappa shape index (κ3) is 4.26. The highest BCUT2D eigenvalue weighted by molar-refractivity contribution is 7.99. The maximum Gasteiger partial charge on any atom is 0.230 e. The van der Waals surface area contributed by atoms with Crippen LogP contribution in [-0.2, 0) is 4.79 Å². The first kappa shape index (κ1) is 18.1. The molecule has 0 radical (unpaired) electrons. The van der Waals surface area contributed by atoms with E-state index in [9.17, 15) is 13.6 Å². The van der Waals surface area contributed by atoms with Crippen LogP contribution in [0.25, 0.3) is 5.69 Å². The fourth-order valence-electron chi connectivity index (χ4n) is 2.43. The molecule has 0 aliphatic rings. The van der Waals surface area contributed by atoms with Crippen molar-refractivity contribution < 1.29 is 13.6 Å². The maximum absolute atomic E-state index is 13.8. The minimum absolute atomic E-state index is 0.0959. The first-order valence-corrected chi connectivity index (χ1v) is 8.85. The number of amides is 1. The van der Waals surface area contributed by atoms with E-state index in [0.29, 0.717) is 5.16 Å². The minimum atomic E-state index is -0.686. The Morgan fingerprint density at radius 2 is 2.00 bits per heavy atom. The van der Waals surface area contributed by atoms with Crippen LogP contribution < -0.4 is 5.32 Å². The topological polar surface area (TPSA) is 59.8 Å². The lowest BCUT2D eigenvalue weighted by Crippen LogP contribution is -2.28. The van der Waals surface area contributed by atoms with Crippen molar-refractivity contribution in [3.05, 3.63) is 72.1 Å². The smallest absolute Gasteiger partial charge is 0.230 e. The van der Waals surface area contributed by atoms with Crippen molar-refractivity contribution in [1.29, 1.82) is 0 Å². The van der Waals surface area contributed by atoms with Gasteiger partial charge in [0.2, 0.25) is 5.91 Å². The van der Waals surface area contributed by atoms with Gasteiger partial charge in [-0.2, -0.15) is 0 Å². The summed E-state index contributed by atoms with van der Waals surface area (Å²) in [5.41, 5.74) is 1.12. The molecule has 0 aliphatic heterocycles. The van der Waals surface area contributed by atoms with Gasteiger partial charge < -0.3 is 5.32 Å². The Hall–Kier alpha value is -2.74.